The molecule has 7 heteroatoms. The second-order valence-electron chi connectivity index (χ2n) is 3.63. The quantitative estimate of drug-likeness (QED) is 0.800. The first-order chi connectivity index (χ1) is 8.37. The Hall–Kier alpha value is -1.60. The topological polar surface area (TPSA) is 89.7 Å². The normalized spacial score (nSPS) is 11.5. The number of carbonyl (C=O) groups is 1. The van der Waals surface area contributed by atoms with Crippen molar-refractivity contribution in [3.8, 4) is 5.75 Å². The maximum atomic E-state index is 12.0. The third-order valence-electron chi connectivity index (χ3n) is 2.22. The molecule has 0 aliphatic carbocycles. The number of carbonyl (C=O) groups excluding carboxylic acids is 1. The summed E-state index contributed by atoms with van der Waals surface area (Å²) in [5, 5.41) is 0. The van der Waals surface area contributed by atoms with Gasteiger partial charge in [0.1, 0.15) is 5.75 Å². The molecule has 0 radical (unpaired) electrons. The van der Waals surface area contributed by atoms with Gasteiger partial charge in [0.25, 0.3) is 0 Å². The van der Waals surface area contributed by atoms with Crippen LogP contribution in [0.4, 0.5) is 0 Å². The van der Waals surface area contributed by atoms with Crippen LogP contribution in [0.25, 0.3) is 0 Å². The van der Waals surface area contributed by atoms with Crippen LogP contribution in [0.3, 0.4) is 0 Å². The molecule has 1 rings (SSSR count). The average Bonchev–Trinajstić information content (AvgIpc) is 2.29. The van der Waals surface area contributed by atoms with Crippen LogP contribution in [-0.2, 0) is 14.8 Å². The number of primary amides is 1. The van der Waals surface area contributed by atoms with Crippen LogP contribution >= 0.6 is 0 Å². The van der Waals surface area contributed by atoms with E-state index in [9.17, 15) is 13.2 Å². The minimum Gasteiger partial charge on any atom is -0.494 e. The molecule has 0 aromatic heterocycles. The molecular weight excluding hydrogens is 256 g/mol. The van der Waals surface area contributed by atoms with E-state index in [4.69, 9.17) is 10.5 Å². The van der Waals surface area contributed by atoms with Crippen LogP contribution in [-0.4, -0.2) is 38.8 Å². The van der Waals surface area contributed by atoms with E-state index in [0.29, 0.717) is 12.4 Å². The van der Waals surface area contributed by atoms with Crippen molar-refractivity contribution in [1.29, 1.82) is 0 Å². The predicted octanol–water partition coefficient (Wildman–Crippen LogP) is 0.191. The predicted molar refractivity (Wildman–Crippen MR) is 66.6 cm³/mol. The van der Waals surface area contributed by atoms with E-state index in [0.717, 1.165) is 4.31 Å². The zero-order valence-electron chi connectivity index (χ0n) is 10.3. The van der Waals surface area contributed by atoms with Gasteiger partial charge in [0.15, 0.2) is 0 Å². The third-order valence-corrected chi connectivity index (χ3v) is 4.04. The number of hydrogen-bond acceptors (Lipinski definition) is 4. The molecule has 1 aromatic rings. The van der Waals surface area contributed by atoms with Gasteiger partial charge in [-0.1, -0.05) is 0 Å². The van der Waals surface area contributed by atoms with E-state index >= 15 is 0 Å². The van der Waals surface area contributed by atoms with Gasteiger partial charge in [-0.05, 0) is 31.2 Å². The lowest BCUT2D eigenvalue weighted by atomic mass is 10.3. The van der Waals surface area contributed by atoms with Crippen LogP contribution in [0.2, 0.25) is 0 Å². The molecule has 0 saturated heterocycles. The molecule has 1 amide bonds. The molecule has 0 bridgehead atoms. The summed E-state index contributed by atoms with van der Waals surface area (Å²) in [6.45, 7) is 1.99. The van der Waals surface area contributed by atoms with Crippen LogP contribution in [0, 0.1) is 0 Å². The van der Waals surface area contributed by atoms with Crippen molar-refractivity contribution in [3.05, 3.63) is 24.3 Å². The Morgan fingerprint density at radius 2 is 1.89 bits per heavy atom. The highest BCUT2D eigenvalue weighted by atomic mass is 32.2. The molecular formula is C11H16N2O4S. The molecule has 0 heterocycles. The van der Waals surface area contributed by atoms with E-state index in [-0.39, 0.29) is 11.4 Å². The van der Waals surface area contributed by atoms with Crippen molar-refractivity contribution >= 4 is 15.9 Å². The molecule has 0 aliphatic heterocycles. The van der Waals surface area contributed by atoms with Crippen molar-refractivity contribution in [2.45, 2.75) is 11.8 Å². The summed E-state index contributed by atoms with van der Waals surface area (Å²) in [4.78, 5) is 10.8. The Morgan fingerprint density at radius 3 is 2.33 bits per heavy atom. The molecule has 0 spiro atoms. The summed E-state index contributed by atoms with van der Waals surface area (Å²) in [6.07, 6.45) is 0. The van der Waals surface area contributed by atoms with Crippen molar-refractivity contribution in [2.24, 2.45) is 5.73 Å². The molecule has 0 saturated carbocycles. The van der Waals surface area contributed by atoms with Gasteiger partial charge in [0, 0.05) is 7.05 Å². The highest BCUT2D eigenvalue weighted by molar-refractivity contribution is 7.89. The molecule has 0 atom stereocenters. The van der Waals surface area contributed by atoms with Gasteiger partial charge in [-0.15, -0.1) is 0 Å². The smallest absolute Gasteiger partial charge is 0.243 e. The summed E-state index contributed by atoms with van der Waals surface area (Å²) in [6, 6.07) is 5.98. The fourth-order valence-corrected chi connectivity index (χ4v) is 2.50. The van der Waals surface area contributed by atoms with Crippen molar-refractivity contribution in [1.82, 2.24) is 4.31 Å². The Labute approximate surface area is 106 Å². The number of amides is 1. The van der Waals surface area contributed by atoms with E-state index in [1.807, 2.05) is 6.92 Å². The summed E-state index contributed by atoms with van der Waals surface area (Å²) in [5.41, 5.74) is 4.97. The van der Waals surface area contributed by atoms with Gasteiger partial charge < -0.3 is 10.5 Å². The van der Waals surface area contributed by atoms with Crippen molar-refractivity contribution < 1.29 is 17.9 Å². The van der Waals surface area contributed by atoms with Crippen LogP contribution < -0.4 is 10.5 Å². The molecule has 0 unspecified atom stereocenters. The highest BCUT2D eigenvalue weighted by Crippen LogP contribution is 2.18. The molecule has 100 valence electrons. The zero-order chi connectivity index (χ0) is 13.8. The fourth-order valence-electron chi connectivity index (χ4n) is 1.36. The highest BCUT2D eigenvalue weighted by Gasteiger charge is 2.21. The number of likely N-dealkylation sites (N-methyl/N-ethyl adjacent to an activating group) is 1. The van der Waals surface area contributed by atoms with Crippen molar-refractivity contribution in [2.75, 3.05) is 20.2 Å². The summed E-state index contributed by atoms with van der Waals surface area (Å²) in [5.74, 6) is -0.110. The number of hydrogen-bond donors (Lipinski definition) is 1. The fraction of sp³-hybridized carbons (Fsp3) is 0.364. The summed E-state index contributed by atoms with van der Waals surface area (Å²) in [7, 11) is -2.39. The van der Waals surface area contributed by atoms with Gasteiger partial charge in [-0.3, -0.25) is 4.79 Å². The minimum absolute atomic E-state index is 0.0923. The zero-order valence-corrected chi connectivity index (χ0v) is 11.1. The maximum Gasteiger partial charge on any atom is 0.243 e. The van der Waals surface area contributed by atoms with E-state index in [1.54, 1.807) is 12.1 Å². The van der Waals surface area contributed by atoms with Gasteiger partial charge in [0.05, 0.1) is 18.0 Å². The number of sulfonamides is 1. The Kier molecular flexibility index (Phi) is 4.69. The van der Waals surface area contributed by atoms with Crippen LogP contribution in [0.1, 0.15) is 6.92 Å². The maximum absolute atomic E-state index is 12.0. The minimum atomic E-state index is -3.69. The van der Waals surface area contributed by atoms with Crippen molar-refractivity contribution in [3.63, 3.8) is 0 Å². The molecule has 1 aromatic carbocycles. The first-order valence-corrected chi connectivity index (χ1v) is 6.79. The van der Waals surface area contributed by atoms with Gasteiger partial charge in [-0.2, -0.15) is 4.31 Å². The largest absolute Gasteiger partial charge is 0.494 e. The number of rotatable bonds is 6. The molecule has 18 heavy (non-hydrogen) atoms. The Balaban J connectivity index is 2.94. The van der Waals surface area contributed by atoms with Gasteiger partial charge in [-0.25, -0.2) is 8.42 Å². The second-order valence-corrected chi connectivity index (χ2v) is 5.68. The number of nitrogens with zero attached hydrogens (tertiary/aromatic N) is 1. The van der Waals surface area contributed by atoms with Gasteiger partial charge >= 0.3 is 0 Å². The SMILES string of the molecule is CCOc1ccc(S(=O)(=O)N(C)CC(N)=O)cc1. The standard InChI is InChI=1S/C11H16N2O4S/c1-3-17-9-4-6-10(7-5-9)18(15,16)13(2)8-11(12)14/h4-7H,3,8H2,1-2H3,(H2,12,14). The molecule has 0 fully saturated rings. The summed E-state index contributed by atoms with van der Waals surface area (Å²) < 4.78 is 30.2. The Morgan fingerprint density at radius 1 is 1.33 bits per heavy atom. The van der Waals surface area contributed by atoms with E-state index in [2.05, 4.69) is 0 Å². The summed E-state index contributed by atoms with van der Waals surface area (Å²) >= 11 is 0. The van der Waals surface area contributed by atoms with Crippen LogP contribution in [0.15, 0.2) is 29.2 Å². The molecule has 2 N–H and O–H groups in total. The van der Waals surface area contributed by atoms with E-state index in [1.165, 1.54) is 19.2 Å². The van der Waals surface area contributed by atoms with E-state index < -0.39 is 15.9 Å². The molecule has 6 nitrogen and oxygen atoms in total. The average molecular weight is 272 g/mol. The number of benzene rings is 1. The number of nitrogens with two attached hydrogens (primary N) is 1. The first kappa shape index (κ1) is 14.5. The lowest BCUT2D eigenvalue weighted by Crippen LogP contribution is -2.35. The monoisotopic (exact) mass is 272 g/mol. The second kappa shape index (κ2) is 5.83. The third kappa shape index (κ3) is 3.44. The number of ether oxygens (including phenoxy) is 1. The lowest BCUT2D eigenvalue weighted by Gasteiger charge is -2.15. The van der Waals surface area contributed by atoms with Crippen LogP contribution in [0.5, 0.6) is 5.75 Å². The molecule has 0 aliphatic rings. The first-order valence-electron chi connectivity index (χ1n) is 5.35. The lowest BCUT2D eigenvalue weighted by molar-refractivity contribution is -0.118. The van der Waals surface area contributed by atoms with Gasteiger partial charge in [0.2, 0.25) is 15.9 Å². The Bertz CT molecular complexity index is 510.